The molecule has 0 saturated heterocycles. The van der Waals surface area contributed by atoms with Gasteiger partial charge in [-0.15, -0.1) is 0 Å². The van der Waals surface area contributed by atoms with E-state index in [1.54, 1.807) is 0 Å². The third kappa shape index (κ3) is 4.28. The van der Waals surface area contributed by atoms with Crippen LogP contribution in [0, 0.1) is 5.92 Å². The van der Waals surface area contributed by atoms with Gasteiger partial charge in [0, 0.05) is 18.8 Å². The first-order valence-electron chi connectivity index (χ1n) is 4.99. The Morgan fingerprint density at radius 2 is 2.00 bits per heavy atom. The first kappa shape index (κ1) is 11.0. The van der Waals surface area contributed by atoms with Gasteiger partial charge >= 0.3 is 5.97 Å². The molecule has 0 unspecified atom stereocenters. The summed E-state index contributed by atoms with van der Waals surface area (Å²) >= 11 is 0. The summed E-state index contributed by atoms with van der Waals surface area (Å²) in [5, 5.41) is 20.5. The number of hydrogen-bond donors (Lipinski definition) is 3. The molecule has 0 heterocycles. The summed E-state index contributed by atoms with van der Waals surface area (Å²) in [6.07, 6.45) is 6.22. The smallest absolute Gasteiger partial charge is 0.329 e. The van der Waals surface area contributed by atoms with Crippen molar-refractivity contribution in [1.29, 1.82) is 0 Å². The molecular formula is C10H17NO3. The molecule has 1 rings (SSSR count). The van der Waals surface area contributed by atoms with Crippen LogP contribution in [0.4, 0.5) is 0 Å². The van der Waals surface area contributed by atoms with Crippen molar-refractivity contribution in [3.05, 3.63) is 12.3 Å². The fraction of sp³-hybridized carbons (Fsp3) is 0.700. The second-order valence-electron chi connectivity index (χ2n) is 3.75. The molecule has 0 aliphatic heterocycles. The van der Waals surface area contributed by atoms with Crippen LogP contribution in [0.2, 0.25) is 0 Å². The van der Waals surface area contributed by atoms with E-state index in [9.17, 15) is 9.90 Å². The van der Waals surface area contributed by atoms with Crippen molar-refractivity contribution in [1.82, 2.24) is 5.32 Å². The molecule has 0 bridgehead atoms. The average Bonchev–Trinajstić information content (AvgIpc) is 2.15. The molecule has 1 aliphatic carbocycles. The molecule has 1 saturated carbocycles. The maximum absolute atomic E-state index is 10.1. The molecule has 0 atom stereocenters. The van der Waals surface area contributed by atoms with Gasteiger partial charge in [0.05, 0.1) is 6.10 Å². The van der Waals surface area contributed by atoms with Gasteiger partial charge in [-0.2, -0.15) is 0 Å². The van der Waals surface area contributed by atoms with Crippen molar-refractivity contribution in [2.75, 3.05) is 6.54 Å². The Hall–Kier alpha value is -1.03. The van der Waals surface area contributed by atoms with E-state index in [1.807, 2.05) is 0 Å². The molecule has 0 amide bonds. The SMILES string of the molecule is O=C(O)/C=C/NCC1CCC(O)CC1. The van der Waals surface area contributed by atoms with E-state index in [0.29, 0.717) is 5.92 Å². The normalized spacial score (nSPS) is 27.8. The largest absolute Gasteiger partial charge is 0.478 e. The van der Waals surface area contributed by atoms with E-state index < -0.39 is 5.97 Å². The second kappa shape index (κ2) is 5.65. The van der Waals surface area contributed by atoms with E-state index in [-0.39, 0.29) is 6.10 Å². The molecule has 3 N–H and O–H groups in total. The number of aliphatic carboxylic acids is 1. The summed E-state index contributed by atoms with van der Waals surface area (Å²) in [6.45, 7) is 0.802. The minimum absolute atomic E-state index is 0.124. The molecule has 0 aromatic rings. The fourth-order valence-electron chi connectivity index (χ4n) is 1.71. The predicted molar refractivity (Wildman–Crippen MR) is 52.7 cm³/mol. The predicted octanol–water partition coefficient (Wildman–Crippen LogP) is 0.725. The molecule has 0 radical (unpaired) electrons. The Balaban J connectivity index is 2.10. The molecule has 4 heteroatoms. The van der Waals surface area contributed by atoms with Gasteiger partial charge in [-0.25, -0.2) is 4.79 Å². The van der Waals surface area contributed by atoms with Crippen molar-refractivity contribution in [3.8, 4) is 0 Å². The number of carboxylic acids is 1. The van der Waals surface area contributed by atoms with Crippen LogP contribution in [0.1, 0.15) is 25.7 Å². The highest BCUT2D eigenvalue weighted by Gasteiger charge is 2.18. The first-order valence-corrected chi connectivity index (χ1v) is 4.99. The second-order valence-corrected chi connectivity index (χ2v) is 3.75. The Morgan fingerprint density at radius 1 is 1.36 bits per heavy atom. The summed E-state index contributed by atoms with van der Waals surface area (Å²) < 4.78 is 0. The molecule has 80 valence electrons. The highest BCUT2D eigenvalue weighted by Crippen LogP contribution is 2.23. The molecule has 14 heavy (non-hydrogen) atoms. The number of rotatable bonds is 4. The Labute approximate surface area is 83.6 Å². The van der Waals surface area contributed by atoms with E-state index in [1.165, 1.54) is 6.20 Å². The molecule has 1 aliphatic rings. The number of aliphatic hydroxyl groups is 1. The number of hydrogen-bond acceptors (Lipinski definition) is 3. The van der Waals surface area contributed by atoms with Crippen molar-refractivity contribution in [2.24, 2.45) is 5.92 Å². The average molecular weight is 199 g/mol. The molecule has 0 aromatic heterocycles. The van der Waals surface area contributed by atoms with E-state index >= 15 is 0 Å². The lowest BCUT2D eigenvalue weighted by Gasteiger charge is -2.25. The van der Waals surface area contributed by atoms with Gasteiger partial charge in [-0.3, -0.25) is 0 Å². The summed E-state index contributed by atoms with van der Waals surface area (Å²) in [6, 6.07) is 0. The van der Waals surface area contributed by atoms with Gasteiger partial charge in [-0.05, 0) is 31.6 Å². The topological polar surface area (TPSA) is 69.6 Å². The third-order valence-corrected chi connectivity index (χ3v) is 2.57. The van der Waals surface area contributed by atoms with Crippen molar-refractivity contribution in [3.63, 3.8) is 0 Å². The van der Waals surface area contributed by atoms with Crippen LogP contribution in [0.5, 0.6) is 0 Å². The summed E-state index contributed by atoms with van der Waals surface area (Å²) in [5.74, 6) is -0.367. The van der Waals surface area contributed by atoms with E-state index in [0.717, 1.165) is 38.3 Å². The fourth-order valence-corrected chi connectivity index (χ4v) is 1.71. The van der Waals surface area contributed by atoms with Crippen LogP contribution >= 0.6 is 0 Å². The highest BCUT2D eigenvalue weighted by atomic mass is 16.4. The summed E-state index contributed by atoms with van der Waals surface area (Å²) in [7, 11) is 0. The molecule has 4 nitrogen and oxygen atoms in total. The van der Waals surface area contributed by atoms with Crippen LogP contribution in [-0.4, -0.2) is 28.8 Å². The molecular weight excluding hydrogens is 182 g/mol. The summed E-state index contributed by atoms with van der Waals surface area (Å²) in [5.41, 5.74) is 0. The highest BCUT2D eigenvalue weighted by molar-refractivity contribution is 5.79. The third-order valence-electron chi connectivity index (χ3n) is 2.57. The lowest BCUT2D eigenvalue weighted by molar-refractivity contribution is -0.131. The minimum atomic E-state index is -0.934. The van der Waals surface area contributed by atoms with E-state index in [2.05, 4.69) is 5.32 Å². The van der Waals surface area contributed by atoms with Crippen LogP contribution < -0.4 is 5.32 Å². The molecule has 1 fully saturated rings. The zero-order chi connectivity index (χ0) is 10.4. The number of aliphatic hydroxyl groups excluding tert-OH is 1. The van der Waals surface area contributed by atoms with Gasteiger partial charge in [0.2, 0.25) is 0 Å². The number of carboxylic acid groups (broad SMARTS) is 1. The Bertz CT molecular complexity index is 207. The van der Waals surface area contributed by atoms with Crippen LogP contribution in [0.25, 0.3) is 0 Å². The van der Waals surface area contributed by atoms with E-state index in [4.69, 9.17) is 5.11 Å². The molecule has 0 aromatic carbocycles. The lowest BCUT2D eigenvalue weighted by atomic mass is 9.87. The lowest BCUT2D eigenvalue weighted by Crippen LogP contribution is -2.25. The van der Waals surface area contributed by atoms with Gasteiger partial charge in [0.15, 0.2) is 0 Å². The minimum Gasteiger partial charge on any atom is -0.478 e. The quantitative estimate of drug-likeness (QED) is 0.584. The maximum atomic E-state index is 10.1. The Morgan fingerprint density at radius 3 is 2.57 bits per heavy atom. The van der Waals surface area contributed by atoms with Crippen LogP contribution in [0.15, 0.2) is 12.3 Å². The van der Waals surface area contributed by atoms with Crippen LogP contribution in [-0.2, 0) is 4.79 Å². The van der Waals surface area contributed by atoms with Gasteiger partial charge in [-0.1, -0.05) is 0 Å². The zero-order valence-corrected chi connectivity index (χ0v) is 8.15. The van der Waals surface area contributed by atoms with Crippen molar-refractivity contribution in [2.45, 2.75) is 31.8 Å². The van der Waals surface area contributed by atoms with Crippen molar-refractivity contribution >= 4 is 5.97 Å². The molecule has 0 spiro atoms. The monoisotopic (exact) mass is 199 g/mol. The van der Waals surface area contributed by atoms with Gasteiger partial charge in [0.1, 0.15) is 0 Å². The standard InChI is InChI=1S/C10H17NO3/c12-9-3-1-8(2-4-9)7-11-6-5-10(13)14/h5-6,8-9,11-12H,1-4,7H2,(H,13,14)/b6-5+. The number of nitrogens with one attached hydrogen (secondary N) is 1. The van der Waals surface area contributed by atoms with Gasteiger partial charge < -0.3 is 15.5 Å². The summed E-state index contributed by atoms with van der Waals surface area (Å²) in [4.78, 5) is 10.1. The number of carbonyl (C=O) groups is 1. The first-order chi connectivity index (χ1) is 6.68. The van der Waals surface area contributed by atoms with Gasteiger partial charge in [0.25, 0.3) is 0 Å². The Kier molecular flexibility index (Phi) is 4.46. The maximum Gasteiger partial charge on any atom is 0.329 e. The van der Waals surface area contributed by atoms with Crippen molar-refractivity contribution < 1.29 is 15.0 Å². The zero-order valence-electron chi connectivity index (χ0n) is 8.15. The van der Waals surface area contributed by atoms with Crippen LogP contribution in [0.3, 0.4) is 0 Å².